The molecule has 0 saturated carbocycles. The summed E-state index contributed by atoms with van der Waals surface area (Å²) in [5, 5.41) is 4.18. The molecule has 2 heterocycles. The molecule has 23 heavy (non-hydrogen) atoms. The van der Waals surface area contributed by atoms with E-state index in [-0.39, 0.29) is 11.9 Å². The van der Waals surface area contributed by atoms with Crippen LogP contribution in [0.15, 0.2) is 42.0 Å². The van der Waals surface area contributed by atoms with Crippen molar-refractivity contribution in [2.45, 2.75) is 32.7 Å². The standard InChI is InChI=1S/C18H21N3OS/c1-13(2)21(9-7-17-19-8-10-23-17)18(22)11-14-12-20-16-6-4-3-5-15(14)16/h3-6,8,10,12-13,20H,7,9,11H2,1-2H3. The lowest BCUT2D eigenvalue weighted by Crippen LogP contribution is -2.39. The topological polar surface area (TPSA) is 49.0 Å². The fourth-order valence-corrected chi connectivity index (χ4v) is 3.42. The third-order valence-corrected chi connectivity index (χ3v) is 4.85. The number of H-pyrrole nitrogens is 1. The number of thiazole rings is 1. The van der Waals surface area contributed by atoms with E-state index in [1.165, 1.54) is 0 Å². The van der Waals surface area contributed by atoms with Gasteiger partial charge in [-0.3, -0.25) is 4.79 Å². The molecule has 4 nitrogen and oxygen atoms in total. The Balaban J connectivity index is 1.71. The zero-order valence-electron chi connectivity index (χ0n) is 13.5. The molecule has 2 aromatic heterocycles. The smallest absolute Gasteiger partial charge is 0.227 e. The van der Waals surface area contributed by atoms with Crippen LogP contribution in [0.4, 0.5) is 0 Å². The van der Waals surface area contributed by atoms with Crippen LogP contribution in [-0.2, 0) is 17.6 Å². The van der Waals surface area contributed by atoms with Crippen molar-refractivity contribution in [1.29, 1.82) is 0 Å². The van der Waals surface area contributed by atoms with Gasteiger partial charge in [-0.15, -0.1) is 11.3 Å². The Hall–Kier alpha value is -2.14. The number of hydrogen-bond acceptors (Lipinski definition) is 3. The third-order valence-electron chi connectivity index (χ3n) is 4.01. The van der Waals surface area contributed by atoms with Crippen LogP contribution in [0.1, 0.15) is 24.4 Å². The zero-order chi connectivity index (χ0) is 16.2. The number of aromatic amines is 1. The Morgan fingerprint density at radius 3 is 2.91 bits per heavy atom. The molecule has 0 aliphatic rings. The first kappa shape index (κ1) is 15.7. The molecular formula is C18H21N3OS. The maximum atomic E-state index is 12.8. The number of nitrogens with zero attached hydrogens (tertiary/aromatic N) is 2. The molecule has 0 unspecified atom stereocenters. The molecule has 0 radical (unpaired) electrons. The van der Waals surface area contributed by atoms with E-state index in [1.807, 2.05) is 40.9 Å². The van der Waals surface area contributed by atoms with Gasteiger partial charge >= 0.3 is 0 Å². The zero-order valence-corrected chi connectivity index (χ0v) is 14.3. The summed E-state index contributed by atoms with van der Waals surface area (Å²) < 4.78 is 0. The molecular weight excluding hydrogens is 306 g/mol. The van der Waals surface area contributed by atoms with E-state index in [2.05, 4.69) is 29.9 Å². The van der Waals surface area contributed by atoms with Crippen molar-refractivity contribution in [1.82, 2.24) is 14.9 Å². The second kappa shape index (κ2) is 6.96. The molecule has 3 aromatic rings. The fraction of sp³-hybridized carbons (Fsp3) is 0.333. The van der Waals surface area contributed by atoms with Crippen LogP contribution < -0.4 is 0 Å². The van der Waals surface area contributed by atoms with Gasteiger partial charge in [0.2, 0.25) is 5.91 Å². The van der Waals surface area contributed by atoms with Crippen molar-refractivity contribution in [3.05, 3.63) is 52.6 Å². The number of carbonyl (C=O) groups is 1. The quantitative estimate of drug-likeness (QED) is 0.751. The monoisotopic (exact) mass is 327 g/mol. The van der Waals surface area contributed by atoms with Crippen LogP contribution >= 0.6 is 11.3 Å². The lowest BCUT2D eigenvalue weighted by atomic mass is 10.1. The number of hydrogen-bond donors (Lipinski definition) is 1. The van der Waals surface area contributed by atoms with Gasteiger partial charge in [-0.05, 0) is 25.5 Å². The van der Waals surface area contributed by atoms with Crippen LogP contribution in [0.2, 0.25) is 0 Å². The highest BCUT2D eigenvalue weighted by Gasteiger charge is 2.19. The van der Waals surface area contributed by atoms with E-state index in [9.17, 15) is 4.79 Å². The molecule has 0 saturated heterocycles. The average Bonchev–Trinajstić information content (AvgIpc) is 3.17. The summed E-state index contributed by atoms with van der Waals surface area (Å²) in [4.78, 5) is 22.2. The molecule has 1 N–H and O–H groups in total. The molecule has 0 fully saturated rings. The molecule has 0 aliphatic heterocycles. The molecule has 5 heteroatoms. The fourth-order valence-electron chi connectivity index (χ4n) is 2.81. The van der Waals surface area contributed by atoms with E-state index in [0.717, 1.165) is 27.9 Å². The van der Waals surface area contributed by atoms with Gasteiger partial charge in [0.15, 0.2) is 0 Å². The van der Waals surface area contributed by atoms with Crippen molar-refractivity contribution in [2.75, 3.05) is 6.54 Å². The Morgan fingerprint density at radius 2 is 2.17 bits per heavy atom. The lowest BCUT2D eigenvalue weighted by molar-refractivity contribution is -0.132. The summed E-state index contributed by atoms with van der Waals surface area (Å²) in [6.07, 6.45) is 5.00. The predicted molar refractivity (Wildman–Crippen MR) is 94.7 cm³/mol. The Kier molecular flexibility index (Phi) is 4.76. The van der Waals surface area contributed by atoms with E-state index in [1.54, 1.807) is 11.3 Å². The summed E-state index contributed by atoms with van der Waals surface area (Å²) in [5.41, 5.74) is 2.14. The molecule has 0 spiro atoms. The summed E-state index contributed by atoms with van der Waals surface area (Å²) in [5.74, 6) is 0.168. The first-order chi connectivity index (χ1) is 11.1. The minimum atomic E-state index is 0.168. The van der Waals surface area contributed by atoms with Crippen molar-refractivity contribution >= 4 is 28.1 Å². The van der Waals surface area contributed by atoms with Crippen molar-refractivity contribution in [2.24, 2.45) is 0 Å². The normalized spacial score (nSPS) is 11.3. The van der Waals surface area contributed by atoms with Gasteiger partial charge in [0, 0.05) is 47.7 Å². The van der Waals surface area contributed by atoms with Crippen LogP contribution in [-0.4, -0.2) is 33.4 Å². The first-order valence-electron chi connectivity index (χ1n) is 7.88. The first-order valence-corrected chi connectivity index (χ1v) is 8.76. The van der Waals surface area contributed by atoms with Gasteiger partial charge < -0.3 is 9.88 Å². The Labute approximate surface area is 140 Å². The Bertz CT molecular complexity index is 777. The predicted octanol–water partition coefficient (Wildman–Crippen LogP) is 3.65. The second-order valence-electron chi connectivity index (χ2n) is 5.89. The highest BCUT2D eigenvalue weighted by molar-refractivity contribution is 7.09. The van der Waals surface area contributed by atoms with E-state index >= 15 is 0 Å². The average molecular weight is 327 g/mol. The number of fused-ring (bicyclic) bond motifs is 1. The van der Waals surface area contributed by atoms with Crippen LogP contribution in [0.25, 0.3) is 10.9 Å². The van der Waals surface area contributed by atoms with Gasteiger partial charge in [0.1, 0.15) is 0 Å². The van der Waals surface area contributed by atoms with Gasteiger partial charge in [-0.25, -0.2) is 4.98 Å². The van der Waals surface area contributed by atoms with Gasteiger partial charge in [0.25, 0.3) is 0 Å². The molecule has 120 valence electrons. The number of benzene rings is 1. The highest BCUT2D eigenvalue weighted by atomic mass is 32.1. The van der Waals surface area contributed by atoms with Crippen LogP contribution in [0.3, 0.4) is 0 Å². The summed E-state index contributed by atoms with van der Waals surface area (Å²) in [6.45, 7) is 4.84. The molecule has 1 amide bonds. The molecule has 0 aliphatic carbocycles. The van der Waals surface area contributed by atoms with E-state index in [4.69, 9.17) is 0 Å². The lowest BCUT2D eigenvalue weighted by Gasteiger charge is -2.26. The van der Waals surface area contributed by atoms with Gasteiger partial charge in [-0.1, -0.05) is 18.2 Å². The minimum Gasteiger partial charge on any atom is -0.361 e. The molecule has 0 atom stereocenters. The second-order valence-corrected chi connectivity index (χ2v) is 6.87. The van der Waals surface area contributed by atoms with E-state index < -0.39 is 0 Å². The van der Waals surface area contributed by atoms with Crippen molar-refractivity contribution in [3.8, 4) is 0 Å². The minimum absolute atomic E-state index is 0.168. The van der Waals surface area contributed by atoms with Gasteiger partial charge in [-0.2, -0.15) is 0 Å². The maximum absolute atomic E-state index is 12.8. The number of rotatable bonds is 6. The number of para-hydroxylation sites is 1. The number of nitrogens with one attached hydrogen (secondary N) is 1. The molecule has 0 bridgehead atoms. The number of carbonyl (C=O) groups excluding carboxylic acids is 1. The van der Waals surface area contributed by atoms with Gasteiger partial charge in [0.05, 0.1) is 11.4 Å². The highest BCUT2D eigenvalue weighted by Crippen LogP contribution is 2.19. The van der Waals surface area contributed by atoms with Crippen LogP contribution in [0, 0.1) is 0 Å². The maximum Gasteiger partial charge on any atom is 0.227 e. The number of amides is 1. The van der Waals surface area contributed by atoms with Crippen LogP contribution in [0.5, 0.6) is 0 Å². The Morgan fingerprint density at radius 1 is 1.35 bits per heavy atom. The molecule has 1 aromatic carbocycles. The summed E-state index contributed by atoms with van der Waals surface area (Å²) in [7, 11) is 0. The summed E-state index contributed by atoms with van der Waals surface area (Å²) >= 11 is 1.64. The van der Waals surface area contributed by atoms with Crippen molar-refractivity contribution < 1.29 is 4.79 Å². The largest absolute Gasteiger partial charge is 0.361 e. The van der Waals surface area contributed by atoms with E-state index in [0.29, 0.717) is 13.0 Å². The SMILES string of the molecule is CC(C)N(CCc1nccs1)C(=O)Cc1c[nH]c2ccccc12. The number of aromatic nitrogens is 2. The molecule has 3 rings (SSSR count). The third kappa shape index (κ3) is 3.62. The van der Waals surface area contributed by atoms with Crippen molar-refractivity contribution in [3.63, 3.8) is 0 Å². The summed E-state index contributed by atoms with van der Waals surface area (Å²) in [6, 6.07) is 8.29.